The molecule has 4 aromatic rings. The van der Waals surface area contributed by atoms with Gasteiger partial charge in [0.05, 0.1) is 33.3 Å². The molecule has 3 aromatic carbocycles. The van der Waals surface area contributed by atoms with Crippen molar-refractivity contribution in [2.45, 2.75) is 101 Å². The summed E-state index contributed by atoms with van der Waals surface area (Å²) in [6.45, 7) is 9.68. The summed E-state index contributed by atoms with van der Waals surface area (Å²) < 4.78 is 60.2. The van der Waals surface area contributed by atoms with Crippen LogP contribution in [0, 0.1) is 24.2 Å². The van der Waals surface area contributed by atoms with Gasteiger partial charge in [0.15, 0.2) is 12.4 Å². The fourth-order valence-corrected chi connectivity index (χ4v) is 10.6. The van der Waals surface area contributed by atoms with E-state index in [1.165, 1.54) is 6.20 Å². The summed E-state index contributed by atoms with van der Waals surface area (Å²) in [5.41, 5.74) is -2.77. The van der Waals surface area contributed by atoms with Crippen molar-refractivity contribution in [1.82, 2.24) is 14.2 Å². The Morgan fingerprint density at radius 2 is 1.49 bits per heavy atom. The number of halogens is 1. The van der Waals surface area contributed by atoms with Crippen LogP contribution in [0.3, 0.4) is 0 Å². The molecule has 0 radical (unpaired) electrons. The molecule has 2 aliphatic carbocycles. The number of aryl methyl sites for hydroxylation is 1. The number of rotatable bonds is 16. The van der Waals surface area contributed by atoms with Crippen molar-refractivity contribution in [2.24, 2.45) is 5.92 Å². The van der Waals surface area contributed by atoms with E-state index in [9.17, 15) is 14.9 Å². The molecule has 0 amide bonds. The maximum Gasteiger partial charge on any atom is 0.330 e. The summed E-state index contributed by atoms with van der Waals surface area (Å²) >= 11 is 0. The number of nitriles is 1. The van der Waals surface area contributed by atoms with Crippen LogP contribution >= 0.6 is 8.53 Å². The Balaban J connectivity index is 1.42. The van der Waals surface area contributed by atoms with Gasteiger partial charge in [0.1, 0.15) is 34.4 Å². The average molecular weight is 801 g/mol. The number of hydrogen-bond donors (Lipinski definition) is 1. The van der Waals surface area contributed by atoms with Crippen molar-refractivity contribution in [3.63, 3.8) is 0 Å². The third-order valence-corrected chi connectivity index (χ3v) is 13.6. The first-order chi connectivity index (χ1) is 27.3. The standard InChI is InChI=1S/C43H50FN4O8P/c1-27(2)48(28(3)4)57(53-23-11-22-45)56-42-25-33-24-41(33,39(42)54-38(36(42)44)47-26-29(5)37(49)46-40(47)50)55-43(30-12-9-8-10-13-30,31-14-18-34(51-6)19-15-31)32-16-20-35(52-7)21-17-32/h8-10,12-21,26-28,33,36,38-39H,11,23-25H2,1-7H3,(H,46,49,50)/t33-,36+,38+,39+,41+,42-,57?/m0/s1. The van der Waals surface area contributed by atoms with Gasteiger partial charge in [0.25, 0.3) is 14.1 Å². The molecule has 14 heteroatoms. The highest BCUT2D eigenvalue weighted by atomic mass is 31.2. The van der Waals surface area contributed by atoms with Crippen LogP contribution in [0.1, 0.15) is 75.4 Å². The van der Waals surface area contributed by atoms with Crippen molar-refractivity contribution < 1.29 is 32.4 Å². The maximum absolute atomic E-state index is 17.9. The first-order valence-electron chi connectivity index (χ1n) is 19.3. The van der Waals surface area contributed by atoms with Crippen molar-refractivity contribution >= 4 is 8.53 Å². The second kappa shape index (κ2) is 16.1. The van der Waals surface area contributed by atoms with Crippen molar-refractivity contribution in [3.05, 3.63) is 128 Å². The number of fused-ring (bicyclic) bond motifs is 3. The number of aromatic amines is 1. The third kappa shape index (κ3) is 7.11. The number of hydrogen-bond acceptors (Lipinski definition) is 10. The van der Waals surface area contributed by atoms with E-state index in [4.69, 9.17) is 28.0 Å². The number of methoxy groups -OCH3 is 2. The van der Waals surface area contributed by atoms with Crippen LogP contribution in [0.15, 0.2) is 94.6 Å². The molecule has 12 nitrogen and oxygen atoms in total. The monoisotopic (exact) mass is 800 g/mol. The lowest BCUT2D eigenvalue weighted by molar-refractivity contribution is -0.162. The first-order valence-corrected chi connectivity index (χ1v) is 20.4. The largest absolute Gasteiger partial charge is 0.497 e. The Labute approximate surface area is 333 Å². The highest BCUT2D eigenvalue weighted by molar-refractivity contribution is 7.44. The van der Waals surface area contributed by atoms with Gasteiger partial charge in [-0.25, -0.2) is 13.9 Å². The van der Waals surface area contributed by atoms with Gasteiger partial charge in [-0.05, 0) is 94.3 Å². The Morgan fingerprint density at radius 3 is 2.04 bits per heavy atom. The smallest absolute Gasteiger partial charge is 0.330 e. The Morgan fingerprint density at radius 1 is 0.930 bits per heavy atom. The molecule has 1 saturated heterocycles. The summed E-state index contributed by atoms with van der Waals surface area (Å²) in [5, 5.41) is 9.42. The van der Waals surface area contributed by atoms with E-state index in [0.717, 1.165) is 21.3 Å². The van der Waals surface area contributed by atoms with Gasteiger partial charge in [-0.3, -0.25) is 14.3 Å². The zero-order chi connectivity index (χ0) is 40.7. The van der Waals surface area contributed by atoms with Gasteiger partial charge in [-0.2, -0.15) is 5.26 Å². The molecule has 0 spiro atoms. The summed E-state index contributed by atoms with van der Waals surface area (Å²) in [4.78, 5) is 28.2. The van der Waals surface area contributed by atoms with Crippen LogP contribution in [0.4, 0.5) is 4.39 Å². The van der Waals surface area contributed by atoms with Gasteiger partial charge in [-0.1, -0.05) is 54.6 Å². The Bertz CT molecular complexity index is 2140. The maximum atomic E-state index is 17.9. The normalized spacial score (nSPS) is 25.6. The van der Waals surface area contributed by atoms with E-state index in [1.54, 1.807) is 21.1 Å². The number of H-pyrrole nitrogens is 1. The molecule has 3 fully saturated rings. The lowest BCUT2D eigenvalue weighted by Crippen LogP contribution is -2.53. The van der Waals surface area contributed by atoms with Gasteiger partial charge in [0.2, 0.25) is 0 Å². The average Bonchev–Trinajstić information content (AvgIpc) is 3.71. The zero-order valence-corrected chi connectivity index (χ0v) is 34.2. The first kappa shape index (κ1) is 40.8. The molecule has 1 N–H and O–H groups in total. The van der Waals surface area contributed by atoms with Crippen molar-refractivity contribution in [1.29, 1.82) is 5.26 Å². The summed E-state index contributed by atoms with van der Waals surface area (Å²) in [6, 6.07) is 27.2. The predicted molar refractivity (Wildman–Crippen MR) is 213 cm³/mol. The molecule has 57 heavy (non-hydrogen) atoms. The molecule has 3 aliphatic rings. The fraction of sp³-hybridized carbons (Fsp3) is 0.465. The molecule has 7 atom stereocenters. The van der Waals surface area contributed by atoms with E-state index >= 15 is 4.39 Å². The van der Waals surface area contributed by atoms with E-state index in [0.29, 0.717) is 17.9 Å². The minimum absolute atomic E-state index is 0.0642. The van der Waals surface area contributed by atoms with E-state index in [1.807, 2.05) is 107 Å². The minimum atomic E-state index is -1.96. The molecule has 0 bridgehead atoms. The number of benzene rings is 3. The molecule has 2 heterocycles. The minimum Gasteiger partial charge on any atom is -0.497 e. The molecular formula is C43H50FN4O8P. The molecule has 1 unspecified atom stereocenters. The summed E-state index contributed by atoms with van der Waals surface area (Å²) in [6.07, 6.45) is -2.23. The van der Waals surface area contributed by atoms with Crippen LogP contribution in [0.2, 0.25) is 0 Å². The van der Waals surface area contributed by atoms with Crippen molar-refractivity contribution in [3.8, 4) is 17.6 Å². The predicted octanol–water partition coefficient (Wildman–Crippen LogP) is 7.30. The lowest BCUT2D eigenvalue weighted by Gasteiger charge is -2.44. The molecule has 302 valence electrons. The van der Waals surface area contributed by atoms with Crippen LogP contribution in [-0.4, -0.2) is 70.6 Å². The van der Waals surface area contributed by atoms with E-state index < -0.39 is 55.1 Å². The second-order valence-corrected chi connectivity index (χ2v) is 16.9. The van der Waals surface area contributed by atoms with Crippen LogP contribution < -0.4 is 20.7 Å². The topological polar surface area (TPSA) is 137 Å². The highest BCUT2D eigenvalue weighted by Crippen LogP contribution is 2.73. The number of alkyl halides is 1. The van der Waals surface area contributed by atoms with E-state index in [-0.39, 0.29) is 43.0 Å². The number of nitrogens with zero attached hydrogens (tertiary/aromatic N) is 3. The number of ether oxygens (including phenoxy) is 4. The van der Waals surface area contributed by atoms with Crippen LogP contribution in [0.5, 0.6) is 11.5 Å². The Hall–Kier alpha value is -4.41. The highest BCUT2D eigenvalue weighted by Gasteiger charge is 2.82. The summed E-state index contributed by atoms with van der Waals surface area (Å²) in [7, 11) is 1.26. The summed E-state index contributed by atoms with van der Waals surface area (Å²) in [5.74, 6) is 1.12. The van der Waals surface area contributed by atoms with Gasteiger partial charge in [0, 0.05) is 23.8 Å². The second-order valence-electron chi connectivity index (χ2n) is 15.5. The molecule has 1 aliphatic heterocycles. The molecule has 1 aromatic heterocycles. The zero-order valence-electron chi connectivity index (χ0n) is 33.3. The van der Waals surface area contributed by atoms with Crippen LogP contribution in [0.25, 0.3) is 0 Å². The third-order valence-electron chi connectivity index (χ3n) is 11.4. The number of aromatic nitrogens is 2. The molecule has 2 saturated carbocycles. The van der Waals surface area contributed by atoms with Crippen LogP contribution in [-0.2, 0) is 24.1 Å². The van der Waals surface area contributed by atoms with E-state index in [2.05, 4.69) is 15.7 Å². The lowest BCUT2D eigenvalue weighted by atomic mass is 9.79. The fourth-order valence-electron chi connectivity index (χ4n) is 8.75. The quantitative estimate of drug-likeness (QED) is 0.0699. The number of nitrogens with one attached hydrogen (secondary N) is 1. The SMILES string of the molecule is COc1ccc(C(O[C@]23C[C@H]2C[C@@]2(OP(OCCC#N)N(C(C)C)C(C)C)[C@@H]3O[C@@H](n3cc(C)c(=O)[nH]c3=O)[C@H]2F)(c2ccccc2)c2ccc(OC)cc2)cc1. The van der Waals surface area contributed by atoms with Gasteiger partial charge >= 0.3 is 5.69 Å². The Kier molecular flexibility index (Phi) is 11.5. The van der Waals surface area contributed by atoms with Gasteiger partial charge in [-0.15, -0.1) is 0 Å². The molecule has 7 rings (SSSR count). The molecular weight excluding hydrogens is 750 g/mol. The van der Waals surface area contributed by atoms with Gasteiger partial charge < -0.3 is 28.0 Å². The van der Waals surface area contributed by atoms with Crippen molar-refractivity contribution in [2.75, 3.05) is 20.8 Å².